The SMILES string of the molecule is CC=CCCc1ccc(C=Cc2ccc(C[C@@H](c3ccccc3)C(F)(F)F)c(F)c2)cc1. The first-order valence-electron chi connectivity index (χ1n) is 10.6. The minimum atomic E-state index is -4.45. The number of rotatable bonds is 8. The third kappa shape index (κ3) is 6.68. The highest BCUT2D eigenvalue weighted by atomic mass is 19.4. The van der Waals surface area contributed by atoms with Crippen LogP contribution in [0.1, 0.15) is 47.1 Å². The summed E-state index contributed by atoms with van der Waals surface area (Å²) in [6.07, 6.45) is 4.88. The van der Waals surface area contributed by atoms with Gasteiger partial charge < -0.3 is 0 Å². The zero-order valence-corrected chi connectivity index (χ0v) is 17.9. The molecule has 0 saturated carbocycles. The highest BCUT2D eigenvalue weighted by Gasteiger charge is 2.40. The van der Waals surface area contributed by atoms with Crippen LogP contribution in [0.3, 0.4) is 0 Å². The minimum Gasteiger partial charge on any atom is -0.207 e. The first-order chi connectivity index (χ1) is 15.4. The van der Waals surface area contributed by atoms with Gasteiger partial charge in [0.2, 0.25) is 0 Å². The zero-order chi connectivity index (χ0) is 23.0. The topological polar surface area (TPSA) is 0 Å². The van der Waals surface area contributed by atoms with Crippen molar-refractivity contribution < 1.29 is 17.6 Å². The Morgan fingerprint density at radius 2 is 1.50 bits per heavy atom. The number of hydrogen-bond acceptors (Lipinski definition) is 0. The van der Waals surface area contributed by atoms with Gasteiger partial charge in [0.05, 0.1) is 5.92 Å². The molecule has 0 spiro atoms. The van der Waals surface area contributed by atoms with Crippen molar-refractivity contribution in [3.05, 3.63) is 119 Å². The van der Waals surface area contributed by atoms with Gasteiger partial charge in [0.15, 0.2) is 0 Å². The van der Waals surface area contributed by atoms with Crippen molar-refractivity contribution in [3.63, 3.8) is 0 Å². The predicted molar refractivity (Wildman–Crippen MR) is 124 cm³/mol. The second-order valence-electron chi connectivity index (χ2n) is 7.74. The number of aryl methyl sites for hydroxylation is 1. The van der Waals surface area contributed by atoms with Crippen molar-refractivity contribution in [1.82, 2.24) is 0 Å². The molecule has 0 unspecified atom stereocenters. The van der Waals surface area contributed by atoms with E-state index in [1.54, 1.807) is 30.3 Å². The van der Waals surface area contributed by atoms with Gasteiger partial charge in [-0.3, -0.25) is 0 Å². The maximum Gasteiger partial charge on any atom is 0.396 e. The van der Waals surface area contributed by atoms with E-state index in [1.165, 1.54) is 29.8 Å². The van der Waals surface area contributed by atoms with Crippen LogP contribution < -0.4 is 0 Å². The average molecular weight is 439 g/mol. The second-order valence-corrected chi connectivity index (χ2v) is 7.74. The molecule has 0 radical (unpaired) electrons. The number of allylic oxidation sites excluding steroid dienone is 2. The molecule has 0 aliphatic heterocycles. The number of halogens is 4. The normalized spacial score (nSPS) is 13.2. The molecule has 0 nitrogen and oxygen atoms in total. The third-order valence-corrected chi connectivity index (χ3v) is 5.38. The second kappa shape index (κ2) is 10.9. The molecule has 0 saturated heterocycles. The Bertz CT molecular complexity index is 1050. The van der Waals surface area contributed by atoms with E-state index < -0.39 is 24.3 Å². The molecule has 0 aliphatic rings. The minimum absolute atomic E-state index is 0.0545. The molecule has 3 aromatic carbocycles. The Morgan fingerprint density at radius 1 is 0.844 bits per heavy atom. The van der Waals surface area contributed by atoms with Crippen LogP contribution in [0.2, 0.25) is 0 Å². The lowest BCUT2D eigenvalue weighted by Crippen LogP contribution is -2.23. The van der Waals surface area contributed by atoms with Gasteiger partial charge in [0.25, 0.3) is 0 Å². The van der Waals surface area contributed by atoms with Gasteiger partial charge in [0.1, 0.15) is 5.82 Å². The van der Waals surface area contributed by atoms with E-state index in [4.69, 9.17) is 0 Å². The maximum atomic E-state index is 14.6. The van der Waals surface area contributed by atoms with Crippen molar-refractivity contribution >= 4 is 12.2 Å². The smallest absolute Gasteiger partial charge is 0.207 e. The van der Waals surface area contributed by atoms with Crippen molar-refractivity contribution in [3.8, 4) is 0 Å². The molecule has 3 aromatic rings. The van der Waals surface area contributed by atoms with E-state index in [0.29, 0.717) is 5.56 Å². The molecule has 0 bridgehead atoms. The van der Waals surface area contributed by atoms with E-state index in [-0.39, 0.29) is 11.1 Å². The Morgan fingerprint density at radius 3 is 2.12 bits per heavy atom. The Hall–Kier alpha value is -3.14. The van der Waals surface area contributed by atoms with Gasteiger partial charge in [-0.15, -0.1) is 0 Å². The monoisotopic (exact) mass is 438 g/mol. The molecule has 0 N–H and O–H groups in total. The molecule has 0 aliphatic carbocycles. The van der Waals surface area contributed by atoms with Crippen LogP contribution >= 0.6 is 0 Å². The molecule has 1 atom stereocenters. The standard InChI is InChI=1S/C28H26F4/c1-2-3-5-8-21-11-13-22(14-12-21)15-16-23-17-18-25(27(29)19-23)20-26(28(30,31)32)24-9-6-4-7-10-24/h2-4,6-7,9-19,26H,5,8,20H2,1H3/t26-/m0/s1. The Kier molecular flexibility index (Phi) is 8.04. The summed E-state index contributed by atoms with van der Waals surface area (Å²) in [6.45, 7) is 2.00. The summed E-state index contributed by atoms with van der Waals surface area (Å²) in [7, 11) is 0. The molecule has 4 heteroatoms. The van der Waals surface area contributed by atoms with Crippen molar-refractivity contribution in [1.29, 1.82) is 0 Å². The van der Waals surface area contributed by atoms with E-state index in [1.807, 2.05) is 31.2 Å². The van der Waals surface area contributed by atoms with Crippen LogP contribution in [0.5, 0.6) is 0 Å². The summed E-state index contributed by atoms with van der Waals surface area (Å²) in [6, 6.07) is 20.2. The molecule has 0 heterocycles. The lowest BCUT2D eigenvalue weighted by molar-refractivity contribution is -0.150. The molecule has 3 rings (SSSR count). The largest absolute Gasteiger partial charge is 0.396 e. The fourth-order valence-electron chi connectivity index (χ4n) is 3.57. The fourth-order valence-corrected chi connectivity index (χ4v) is 3.57. The molecule has 0 fully saturated rings. The summed E-state index contributed by atoms with van der Waals surface area (Å²) in [4.78, 5) is 0. The van der Waals surface area contributed by atoms with Crippen LogP contribution in [0.15, 0.2) is 84.9 Å². The number of hydrogen-bond donors (Lipinski definition) is 0. The first-order valence-corrected chi connectivity index (χ1v) is 10.6. The van der Waals surface area contributed by atoms with Crippen molar-refractivity contribution in [2.75, 3.05) is 0 Å². The predicted octanol–water partition coefficient (Wildman–Crippen LogP) is 8.39. The van der Waals surface area contributed by atoms with Gasteiger partial charge in [0, 0.05) is 0 Å². The summed E-state index contributed by atoms with van der Waals surface area (Å²) < 4.78 is 55.4. The van der Waals surface area contributed by atoms with Crippen molar-refractivity contribution in [2.45, 2.75) is 38.3 Å². The summed E-state index contributed by atoms with van der Waals surface area (Å²) in [5.74, 6) is -2.37. The molecule has 0 aromatic heterocycles. The maximum absolute atomic E-state index is 14.6. The molecule has 32 heavy (non-hydrogen) atoms. The van der Waals surface area contributed by atoms with Gasteiger partial charge in [-0.1, -0.05) is 91.0 Å². The Labute approximate surface area is 186 Å². The fraction of sp³-hybridized carbons (Fsp3) is 0.214. The van der Waals surface area contributed by atoms with Gasteiger partial charge in [-0.2, -0.15) is 13.2 Å². The van der Waals surface area contributed by atoms with E-state index >= 15 is 0 Å². The van der Waals surface area contributed by atoms with Crippen LogP contribution in [0, 0.1) is 5.82 Å². The van der Waals surface area contributed by atoms with Crippen LogP contribution in [0.4, 0.5) is 17.6 Å². The molecular formula is C28H26F4. The Balaban J connectivity index is 1.70. The van der Waals surface area contributed by atoms with Crippen LogP contribution in [-0.4, -0.2) is 6.18 Å². The van der Waals surface area contributed by atoms with Gasteiger partial charge in [-0.05, 0) is 60.1 Å². The van der Waals surface area contributed by atoms with E-state index in [0.717, 1.165) is 18.4 Å². The van der Waals surface area contributed by atoms with E-state index in [9.17, 15) is 17.6 Å². The lowest BCUT2D eigenvalue weighted by atomic mass is 9.91. The van der Waals surface area contributed by atoms with Gasteiger partial charge >= 0.3 is 6.18 Å². The summed E-state index contributed by atoms with van der Waals surface area (Å²) in [5.41, 5.74) is 3.02. The average Bonchev–Trinajstić information content (AvgIpc) is 2.78. The first kappa shape index (κ1) is 23.5. The highest BCUT2D eigenvalue weighted by molar-refractivity contribution is 5.69. The van der Waals surface area contributed by atoms with Crippen LogP contribution in [-0.2, 0) is 12.8 Å². The van der Waals surface area contributed by atoms with Gasteiger partial charge in [-0.25, -0.2) is 4.39 Å². The van der Waals surface area contributed by atoms with Crippen LogP contribution in [0.25, 0.3) is 12.2 Å². The summed E-state index contributed by atoms with van der Waals surface area (Å²) in [5, 5.41) is 0. The lowest BCUT2D eigenvalue weighted by Gasteiger charge is -2.21. The number of alkyl halides is 3. The van der Waals surface area contributed by atoms with Crippen molar-refractivity contribution in [2.24, 2.45) is 0 Å². The summed E-state index contributed by atoms with van der Waals surface area (Å²) >= 11 is 0. The molecule has 166 valence electrons. The highest BCUT2D eigenvalue weighted by Crippen LogP contribution is 2.37. The number of benzene rings is 3. The molecule has 0 amide bonds. The quantitative estimate of drug-likeness (QED) is 0.188. The third-order valence-electron chi connectivity index (χ3n) is 5.38. The van der Waals surface area contributed by atoms with E-state index in [2.05, 4.69) is 18.2 Å². The zero-order valence-electron chi connectivity index (χ0n) is 17.9. The molecular weight excluding hydrogens is 412 g/mol.